The molecule has 0 radical (unpaired) electrons. The molecule has 0 spiro atoms. The number of rotatable bonds is 14. The van der Waals surface area contributed by atoms with Crippen LogP contribution in [0.5, 0.6) is 11.5 Å². The highest BCUT2D eigenvalue weighted by atomic mass is 32.2. The minimum absolute atomic E-state index is 0.125. The number of carboxylic acid groups (broad SMARTS) is 1. The summed E-state index contributed by atoms with van der Waals surface area (Å²) in [5.74, 6) is 1.40. The topological polar surface area (TPSA) is 125 Å². The molecule has 1 amide bonds. The van der Waals surface area contributed by atoms with Crippen molar-refractivity contribution in [1.29, 1.82) is 0 Å². The molecule has 0 unspecified atom stereocenters. The molecule has 1 fully saturated rings. The van der Waals surface area contributed by atoms with Crippen molar-refractivity contribution in [2.45, 2.75) is 61.3 Å². The molecule has 0 aliphatic carbocycles. The van der Waals surface area contributed by atoms with E-state index in [-0.39, 0.29) is 29.6 Å². The fraction of sp³-hybridized carbons (Fsp3) is 0.359. The molecule has 266 valence electrons. The Balaban J connectivity index is 1.09. The van der Waals surface area contributed by atoms with Crippen LogP contribution in [0.15, 0.2) is 114 Å². The summed E-state index contributed by atoms with van der Waals surface area (Å²) in [6, 6.07) is 35.5. The van der Waals surface area contributed by atoms with E-state index in [2.05, 4.69) is 74.6 Å². The number of sulfone groups is 1. The molecule has 1 aliphatic heterocycles. The molecular weight excluding hydrogens is 669 g/mol. The summed E-state index contributed by atoms with van der Waals surface area (Å²) in [5, 5.41) is 24.6. The lowest BCUT2D eigenvalue weighted by molar-refractivity contribution is 0.106. The molecular formula is C39H48N2O7SSi. The van der Waals surface area contributed by atoms with Crippen molar-refractivity contribution in [1.82, 2.24) is 10.2 Å². The van der Waals surface area contributed by atoms with Crippen LogP contribution in [-0.4, -0.2) is 82.1 Å². The molecule has 0 saturated carbocycles. The summed E-state index contributed by atoms with van der Waals surface area (Å²) in [4.78, 5) is 12.7. The predicted molar refractivity (Wildman–Crippen MR) is 199 cm³/mol. The lowest BCUT2D eigenvalue weighted by atomic mass is 10.1. The van der Waals surface area contributed by atoms with Crippen LogP contribution < -0.4 is 24.9 Å². The number of benzene rings is 4. The average molecular weight is 717 g/mol. The number of amides is 1. The maximum Gasteiger partial charge on any atom is 0.407 e. The summed E-state index contributed by atoms with van der Waals surface area (Å²) in [7, 11) is -6.27. The zero-order chi connectivity index (χ0) is 35.8. The van der Waals surface area contributed by atoms with Crippen LogP contribution in [0.4, 0.5) is 4.79 Å². The van der Waals surface area contributed by atoms with E-state index < -0.39 is 35.6 Å². The fourth-order valence-corrected chi connectivity index (χ4v) is 12.7. The molecule has 4 aromatic rings. The molecule has 0 aromatic heterocycles. The Kier molecular flexibility index (Phi) is 12.1. The van der Waals surface area contributed by atoms with Gasteiger partial charge in [-0.05, 0) is 83.2 Å². The number of nitrogens with one attached hydrogen (secondary N) is 1. The van der Waals surface area contributed by atoms with E-state index in [9.17, 15) is 18.3 Å². The van der Waals surface area contributed by atoms with Gasteiger partial charge in [0.15, 0.2) is 9.84 Å². The van der Waals surface area contributed by atoms with Gasteiger partial charge in [-0.25, -0.2) is 13.2 Å². The highest BCUT2D eigenvalue weighted by molar-refractivity contribution is 7.92. The van der Waals surface area contributed by atoms with Crippen LogP contribution in [0.25, 0.3) is 0 Å². The number of piperidine rings is 1. The van der Waals surface area contributed by atoms with E-state index in [1.54, 1.807) is 12.1 Å². The summed E-state index contributed by atoms with van der Waals surface area (Å²) >= 11 is 0. The van der Waals surface area contributed by atoms with E-state index >= 15 is 0 Å². The van der Waals surface area contributed by atoms with Gasteiger partial charge < -0.3 is 29.6 Å². The van der Waals surface area contributed by atoms with Gasteiger partial charge in [-0.1, -0.05) is 93.6 Å². The molecule has 1 heterocycles. The van der Waals surface area contributed by atoms with Crippen molar-refractivity contribution < 1.29 is 32.6 Å². The van der Waals surface area contributed by atoms with Crippen molar-refractivity contribution in [3.63, 3.8) is 0 Å². The number of aliphatic hydroxyl groups excluding tert-OH is 1. The zero-order valence-corrected chi connectivity index (χ0v) is 30.8. The summed E-state index contributed by atoms with van der Waals surface area (Å²) < 4.78 is 39.1. The van der Waals surface area contributed by atoms with Crippen LogP contribution >= 0.6 is 0 Å². The van der Waals surface area contributed by atoms with Gasteiger partial charge in [0.25, 0.3) is 0 Å². The van der Waals surface area contributed by atoms with E-state index in [0.29, 0.717) is 38.1 Å². The maximum absolute atomic E-state index is 13.1. The third-order valence-corrected chi connectivity index (χ3v) is 16.6. The Hall–Kier alpha value is -4.16. The number of nitrogens with zero attached hydrogens (tertiary/aromatic N) is 1. The first kappa shape index (κ1) is 37.1. The Morgan fingerprint density at radius 1 is 0.860 bits per heavy atom. The van der Waals surface area contributed by atoms with Crippen molar-refractivity contribution in [3.05, 3.63) is 115 Å². The highest BCUT2D eigenvalue weighted by Crippen LogP contribution is 2.38. The maximum atomic E-state index is 13.1. The Bertz CT molecular complexity index is 1740. The van der Waals surface area contributed by atoms with E-state index in [0.717, 1.165) is 11.3 Å². The molecule has 11 heteroatoms. The van der Waals surface area contributed by atoms with Crippen LogP contribution in [0.2, 0.25) is 5.04 Å². The smallest absolute Gasteiger partial charge is 0.407 e. The first-order chi connectivity index (χ1) is 23.9. The van der Waals surface area contributed by atoms with Gasteiger partial charge in [0, 0.05) is 19.6 Å². The number of carbonyl (C=O) groups is 1. The second-order valence-corrected chi connectivity index (χ2v) is 20.3. The number of hydrogen-bond donors (Lipinski definition) is 3. The third kappa shape index (κ3) is 8.76. The normalized spacial score (nSPS) is 15.0. The minimum Gasteiger partial charge on any atom is -0.534 e. The number of hydrogen-bond acceptors (Lipinski definition) is 7. The van der Waals surface area contributed by atoms with Gasteiger partial charge in [-0.3, -0.25) is 0 Å². The molecule has 4 aromatic carbocycles. The number of aliphatic hydroxyl groups is 1. The quantitative estimate of drug-likeness (QED) is 0.122. The lowest BCUT2D eigenvalue weighted by Crippen LogP contribution is -2.68. The van der Waals surface area contributed by atoms with Gasteiger partial charge >= 0.3 is 14.4 Å². The average Bonchev–Trinajstić information content (AvgIpc) is 3.12. The van der Waals surface area contributed by atoms with Crippen molar-refractivity contribution in [3.8, 4) is 11.5 Å². The first-order valence-electron chi connectivity index (χ1n) is 17.1. The predicted octanol–water partition coefficient (Wildman–Crippen LogP) is 5.11. The molecule has 1 saturated heterocycles. The SMILES string of the molecule is CC(C)(C)[Si](Oc1ccc(OC[C@@H](O)CNCCc2ccc(S(=O)(=O)C3CCN(C(=O)O)CC3)cc2)cc1)(c1ccccc1)c1ccccc1. The third-order valence-electron chi connectivity index (χ3n) is 9.33. The lowest BCUT2D eigenvalue weighted by Gasteiger charge is -2.43. The molecule has 1 atom stereocenters. The van der Waals surface area contributed by atoms with Crippen molar-refractivity contribution >= 4 is 34.6 Å². The molecule has 9 nitrogen and oxygen atoms in total. The second-order valence-electron chi connectivity index (χ2n) is 13.8. The summed E-state index contributed by atoms with van der Waals surface area (Å²) in [6.45, 7) is 8.26. The van der Waals surface area contributed by atoms with E-state index in [4.69, 9.17) is 14.3 Å². The zero-order valence-electron chi connectivity index (χ0n) is 29.0. The van der Waals surface area contributed by atoms with Crippen molar-refractivity contribution in [2.75, 3.05) is 32.8 Å². The van der Waals surface area contributed by atoms with E-state index in [1.165, 1.54) is 15.3 Å². The molecule has 1 aliphatic rings. The van der Waals surface area contributed by atoms with Gasteiger partial charge in [0.2, 0.25) is 0 Å². The summed E-state index contributed by atoms with van der Waals surface area (Å²) in [5.41, 5.74) is 0.975. The Morgan fingerprint density at radius 2 is 1.40 bits per heavy atom. The van der Waals surface area contributed by atoms with Crippen LogP contribution in [0.1, 0.15) is 39.2 Å². The van der Waals surface area contributed by atoms with Crippen molar-refractivity contribution in [2.24, 2.45) is 0 Å². The van der Waals surface area contributed by atoms with Gasteiger partial charge in [-0.15, -0.1) is 0 Å². The number of likely N-dealkylation sites (tertiary alicyclic amines) is 1. The molecule has 3 N–H and O–H groups in total. The summed E-state index contributed by atoms with van der Waals surface area (Å²) in [6.07, 6.45) is -0.465. The van der Waals surface area contributed by atoms with Gasteiger partial charge in [0.05, 0.1) is 10.1 Å². The Morgan fingerprint density at radius 3 is 1.92 bits per heavy atom. The second kappa shape index (κ2) is 16.2. The van der Waals surface area contributed by atoms with Crippen LogP contribution in [0, 0.1) is 0 Å². The standard InChI is InChI=1S/C39H48N2O7SSi/c1-39(2,3)50(36-10-6-4-7-11-36,37-12-8-5-9-13-37)48-33-18-16-32(17-19-33)47-29-31(42)28-40-25-22-30-14-20-34(21-15-30)49(45,46)35-23-26-41(27-24-35)38(43)44/h4-21,31,35,40,42H,22-29H2,1-3H3,(H,43,44)/t31-/m0/s1. The first-order valence-corrected chi connectivity index (χ1v) is 20.6. The molecule has 0 bridgehead atoms. The largest absolute Gasteiger partial charge is 0.534 e. The molecule has 5 rings (SSSR count). The fourth-order valence-electron chi connectivity index (χ4n) is 6.58. The number of ether oxygens (including phenoxy) is 1. The highest BCUT2D eigenvalue weighted by Gasteiger charge is 2.52. The van der Waals surface area contributed by atoms with Gasteiger partial charge in [-0.2, -0.15) is 0 Å². The minimum atomic E-state index is -3.52. The van der Waals surface area contributed by atoms with Crippen LogP contribution in [0.3, 0.4) is 0 Å². The van der Waals surface area contributed by atoms with Crippen LogP contribution in [-0.2, 0) is 16.3 Å². The van der Waals surface area contributed by atoms with Gasteiger partial charge in [0.1, 0.15) is 24.2 Å². The molecule has 50 heavy (non-hydrogen) atoms. The monoisotopic (exact) mass is 716 g/mol. The van der Waals surface area contributed by atoms with E-state index in [1.807, 2.05) is 48.5 Å². The Labute approximate surface area is 296 Å².